The Balaban J connectivity index is 1.92. The van der Waals surface area contributed by atoms with Crippen LogP contribution in [0.2, 0.25) is 0 Å². The van der Waals surface area contributed by atoms with Gasteiger partial charge < -0.3 is 9.63 Å². The minimum absolute atomic E-state index is 0.261. The molecule has 0 radical (unpaired) electrons. The summed E-state index contributed by atoms with van der Waals surface area (Å²) in [5.74, 6) is 1.20. The van der Waals surface area contributed by atoms with Gasteiger partial charge in [-0.25, -0.2) is 4.39 Å². The topological polar surface area (TPSA) is 59.2 Å². The fourth-order valence-electron chi connectivity index (χ4n) is 1.39. The molecule has 0 aliphatic heterocycles. The summed E-state index contributed by atoms with van der Waals surface area (Å²) in [7, 11) is 0. The summed E-state index contributed by atoms with van der Waals surface area (Å²) >= 11 is 1.43. The molecule has 2 aromatic rings. The van der Waals surface area contributed by atoms with Crippen LogP contribution in [-0.4, -0.2) is 21.4 Å². The number of nitrogens with zero attached hydrogens (tertiary/aromatic N) is 2. The van der Waals surface area contributed by atoms with Crippen molar-refractivity contribution in [3.8, 4) is 0 Å². The number of thioether (sulfide) groups is 1. The lowest BCUT2D eigenvalue weighted by Crippen LogP contribution is -2.04. The van der Waals surface area contributed by atoms with Crippen LogP contribution in [-0.2, 0) is 12.2 Å². The molecule has 96 valence electrons. The van der Waals surface area contributed by atoms with E-state index in [1.165, 1.54) is 23.9 Å². The van der Waals surface area contributed by atoms with Crippen molar-refractivity contribution in [3.05, 3.63) is 41.8 Å². The van der Waals surface area contributed by atoms with Crippen molar-refractivity contribution in [3.63, 3.8) is 0 Å². The predicted molar refractivity (Wildman–Crippen MR) is 65.6 cm³/mol. The van der Waals surface area contributed by atoms with Gasteiger partial charge in [0.1, 0.15) is 5.82 Å². The molecule has 6 heteroatoms. The van der Waals surface area contributed by atoms with E-state index < -0.39 is 6.10 Å². The molecule has 1 aromatic carbocycles. The monoisotopic (exact) mass is 268 g/mol. The highest BCUT2D eigenvalue weighted by atomic mass is 32.2. The van der Waals surface area contributed by atoms with Crippen molar-refractivity contribution in [2.45, 2.75) is 30.1 Å². The van der Waals surface area contributed by atoms with Gasteiger partial charge in [0.2, 0.25) is 5.89 Å². The van der Waals surface area contributed by atoms with Gasteiger partial charge in [0.05, 0.1) is 18.3 Å². The second-order valence-corrected chi connectivity index (χ2v) is 4.95. The van der Waals surface area contributed by atoms with Crippen molar-refractivity contribution in [2.75, 3.05) is 0 Å². The molecule has 0 amide bonds. The molecule has 2 rings (SSSR count). The molecule has 0 saturated carbocycles. The molecule has 1 unspecified atom stereocenters. The van der Waals surface area contributed by atoms with Gasteiger partial charge in [0, 0.05) is 4.90 Å². The third-order valence-electron chi connectivity index (χ3n) is 2.14. The van der Waals surface area contributed by atoms with Gasteiger partial charge in [-0.2, -0.15) is 4.98 Å². The third kappa shape index (κ3) is 3.82. The minimum atomic E-state index is -0.505. The number of benzene rings is 1. The largest absolute Gasteiger partial charge is 0.393 e. The van der Waals surface area contributed by atoms with Crippen LogP contribution < -0.4 is 0 Å². The van der Waals surface area contributed by atoms with Gasteiger partial charge in [0.15, 0.2) is 5.82 Å². The van der Waals surface area contributed by atoms with Gasteiger partial charge in [-0.05, 0) is 25.1 Å². The number of hydrogen-bond donors (Lipinski definition) is 1. The fraction of sp³-hybridized carbons (Fsp3) is 0.333. The molecular weight excluding hydrogens is 255 g/mol. The maximum absolute atomic E-state index is 12.9. The summed E-state index contributed by atoms with van der Waals surface area (Å²) in [5, 5.41) is 13.0. The zero-order valence-corrected chi connectivity index (χ0v) is 10.7. The molecule has 1 N–H and O–H groups in total. The number of aliphatic hydroxyl groups excluding tert-OH is 1. The molecule has 0 fully saturated rings. The van der Waals surface area contributed by atoms with Crippen LogP contribution in [0.25, 0.3) is 0 Å². The molecule has 0 saturated heterocycles. The quantitative estimate of drug-likeness (QED) is 0.844. The summed E-state index contributed by atoms with van der Waals surface area (Å²) in [6.07, 6.45) is -0.161. The highest BCUT2D eigenvalue weighted by Crippen LogP contribution is 2.22. The second-order valence-electron chi connectivity index (χ2n) is 3.90. The Kier molecular flexibility index (Phi) is 4.33. The molecule has 0 aliphatic rings. The van der Waals surface area contributed by atoms with E-state index in [2.05, 4.69) is 10.1 Å². The summed E-state index contributed by atoms with van der Waals surface area (Å²) in [6.45, 7) is 1.66. The van der Waals surface area contributed by atoms with Gasteiger partial charge in [0.25, 0.3) is 0 Å². The first-order valence-electron chi connectivity index (χ1n) is 5.51. The van der Waals surface area contributed by atoms with Crippen LogP contribution in [0.4, 0.5) is 4.39 Å². The Hall–Kier alpha value is -1.40. The van der Waals surface area contributed by atoms with Crippen molar-refractivity contribution in [1.82, 2.24) is 10.1 Å². The first kappa shape index (κ1) is 13.0. The van der Waals surface area contributed by atoms with Crippen LogP contribution in [0.5, 0.6) is 0 Å². The lowest BCUT2D eigenvalue weighted by molar-refractivity contribution is 0.181. The maximum atomic E-state index is 12.9. The highest BCUT2D eigenvalue weighted by Gasteiger charge is 2.09. The maximum Gasteiger partial charge on any atom is 0.229 e. The highest BCUT2D eigenvalue weighted by molar-refractivity contribution is 7.98. The molecule has 0 spiro atoms. The molecule has 1 atom stereocenters. The Morgan fingerprint density at radius 2 is 2.33 bits per heavy atom. The summed E-state index contributed by atoms with van der Waals surface area (Å²) < 4.78 is 17.9. The van der Waals surface area contributed by atoms with Gasteiger partial charge in [-0.1, -0.05) is 11.2 Å². The Labute approximate surface area is 108 Å². The number of halogens is 1. The van der Waals surface area contributed by atoms with Crippen molar-refractivity contribution < 1.29 is 14.0 Å². The van der Waals surface area contributed by atoms with Crippen LogP contribution in [0, 0.1) is 5.82 Å². The number of rotatable bonds is 5. The van der Waals surface area contributed by atoms with Crippen LogP contribution >= 0.6 is 11.8 Å². The molecular formula is C12H13FN2O2S. The minimum Gasteiger partial charge on any atom is -0.393 e. The summed E-state index contributed by atoms with van der Waals surface area (Å²) in [4.78, 5) is 4.95. The molecule has 1 aromatic heterocycles. The fourth-order valence-corrected chi connectivity index (χ4v) is 2.17. The lowest BCUT2D eigenvalue weighted by atomic mass is 10.3. The van der Waals surface area contributed by atoms with Crippen LogP contribution in [0.3, 0.4) is 0 Å². The lowest BCUT2D eigenvalue weighted by Gasteiger charge is -1.98. The average Bonchev–Trinajstić information content (AvgIpc) is 2.73. The van der Waals surface area contributed by atoms with Crippen molar-refractivity contribution >= 4 is 11.8 Å². The Morgan fingerprint density at radius 3 is 3.06 bits per heavy atom. The molecule has 0 aliphatic carbocycles. The first-order chi connectivity index (χ1) is 8.63. The van der Waals surface area contributed by atoms with Crippen molar-refractivity contribution in [2.24, 2.45) is 0 Å². The second kappa shape index (κ2) is 5.97. The van der Waals surface area contributed by atoms with Gasteiger partial charge >= 0.3 is 0 Å². The zero-order chi connectivity index (χ0) is 13.0. The molecule has 18 heavy (non-hydrogen) atoms. The molecule has 0 bridgehead atoms. The number of aliphatic hydroxyl groups is 1. The van der Waals surface area contributed by atoms with Crippen LogP contribution in [0.15, 0.2) is 33.7 Å². The number of aromatic nitrogens is 2. The van der Waals surface area contributed by atoms with E-state index in [4.69, 9.17) is 4.52 Å². The van der Waals surface area contributed by atoms with E-state index in [1.807, 2.05) is 6.07 Å². The molecule has 1 heterocycles. The standard InChI is InChI=1S/C12H13FN2O2S/c1-8(16)5-12-14-11(15-17-12)7-18-10-4-2-3-9(13)6-10/h2-4,6,8,16H,5,7H2,1H3. The van der Waals surface area contributed by atoms with Crippen LogP contribution in [0.1, 0.15) is 18.6 Å². The van der Waals surface area contributed by atoms with E-state index in [1.54, 1.807) is 13.0 Å². The van der Waals surface area contributed by atoms with Crippen molar-refractivity contribution in [1.29, 1.82) is 0 Å². The Bertz CT molecular complexity index is 516. The van der Waals surface area contributed by atoms with E-state index >= 15 is 0 Å². The van der Waals surface area contributed by atoms with E-state index in [0.29, 0.717) is 23.9 Å². The van der Waals surface area contributed by atoms with E-state index in [0.717, 1.165) is 4.90 Å². The first-order valence-corrected chi connectivity index (χ1v) is 6.50. The average molecular weight is 268 g/mol. The van der Waals surface area contributed by atoms with E-state index in [-0.39, 0.29) is 5.82 Å². The summed E-state index contributed by atoms with van der Waals surface area (Å²) in [5.41, 5.74) is 0. The van der Waals surface area contributed by atoms with Gasteiger partial charge in [-0.15, -0.1) is 11.8 Å². The van der Waals surface area contributed by atoms with E-state index in [9.17, 15) is 9.50 Å². The SMILES string of the molecule is CC(O)Cc1nc(CSc2cccc(F)c2)no1. The normalized spacial score (nSPS) is 12.6. The predicted octanol–water partition coefficient (Wildman–Crippen LogP) is 2.42. The van der Waals surface area contributed by atoms with Gasteiger partial charge in [-0.3, -0.25) is 0 Å². The third-order valence-corrected chi connectivity index (χ3v) is 3.13. The Morgan fingerprint density at radius 1 is 1.50 bits per heavy atom. The number of hydrogen-bond acceptors (Lipinski definition) is 5. The smallest absolute Gasteiger partial charge is 0.229 e. The molecule has 4 nitrogen and oxygen atoms in total. The summed E-state index contributed by atoms with van der Waals surface area (Å²) in [6, 6.07) is 6.35. The zero-order valence-electron chi connectivity index (χ0n) is 9.84.